The van der Waals surface area contributed by atoms with E-state index < -0.39 is 0 Å². The quantitative estimate of drug-likeness (QED) is 0.602. The minimum atomic E-state index is 0.257. The Morgan fingerprint density at radius 1 is 0.875 bits per heavy atom. The van der Waals surface area contributed by atoms with Crippen molar-refractivity contribution in [2.24, 2.45) is 0 Å². The zero-order valence-electron chi connectivity index (χ0n) is 9.88. The van der Waals surface area contributed by atoms with Gasteiger partial charge in [0.05, 0.1) is 0 Å². The Bertz CT molecular complexity index is 361. The van der Waals surface area contributed by atoms with E-state index in [4.69, 9.17) is 0 Å². The molecule has 86 valence electrons. The summed E-state index contributed by atoms with van der Waals surface area (Å²) in [6.07, 6.45) is 4.54. The third-order valence-electron chi connectivity index (χ3n) is 2.88. The van der Waals surface area contributed by atoms with E-state index in [1.54, 1.807) is 26.0 Å². The zero-order valence-corrected chi connectivity index (χ0v) is 9.88. The maximum Gasteiger partial charge on any atom is 0.122 e. The van der Waals surface area contributed by atoms with Gasteiger partial charge in [-0.3, -0.25) is 0 Å². The minimum Gasteiger partial charge on any atom is -0.507 e. The summed E-state index contributed by atoms with van der Waals surface area (Å²) in [4.78, 5) is 0. The first-order valence-electron chi connectivity index (χ1n) is 5.29. The Morgan fingerprint density at radius 2 is 1.19 bits per heavy atom. The highest BCUT2D eigenvalue weighted by atomic mass is 16.3. The molecule has 0 saturated heterocycles. The molecule has 0 amide bonds. The van der Waals surface area contributed by atoms with E-state index in [1.807, 2.05) is 0 Å². The molecule has 0 aliphatic heterocycles. The molecule has 1 aromatic carbocycles. The van der Waals surface area contributed by atoms with Gasteiger partial charge in [-0.25, -0.2) is 0 Å². The third-order valence-corrected chi connectivity index (χ3v) is 2.88. The fourth-order valence-corrected chi connectivity index (χ4v) is 1.88. The molecule has 0 heterocycles. The summed E-state index contributed by atoms with van der Waals surface area (Å²) < 4.78 is 0. The third kappa shape index (κ3) is 1.96. The molecule has 1 aromatic rings. The molecule has 2 N–H and O–H groups in total. The molecule has 0 unspecified atom stereocenters. The lowest BCUT2D eigenvalue weighted by atomic mass is 9.93. The van der Waals surface area contributed by atoms with Gasteiger partial charge < -0.3 is 10.2 Å². The van der Waals surface area contributed by atoms with Crippen molar-refractivity contribution >= 4 is 0 Å². The van der Waals surface area contributed by atoms with Gasteiger partial charge in [0.25, 0.3) is 0 Å². The molecule has 0 fully saturated rings. The number of phenolic OH excluding ortho intramolecular Hbond substituents is 2. The summed E-state index contributed by atoms with van der Waals surface area (Å²) in [6, 6.07) is 0. The van der Waals surface area contributed by atoms with E-state index in [9.17, 15) is 10.2 Å². The smallest absolute Gasteiger partial charge is 0.122 e. The van der Waals surface area contributed by atoms with E-state index in [1.165, 1.54) is 0 Å². The van der Waals surface area contributed by atoms with Crippen LogP contribution in [0.2, 0.25) is 0 Å². The van der Waals surface area contributed by atoms with Crippen molar-refractivity contribution in [1.82, 2.24) is 0 Å². The van der Waals surface area contributed by atoms with Crippen LogP contribution in [0.1, 0.15) is 22.3 Å². The van der Waals surface area contributed by atoms with Crippen molar-refractivity contribution in [3.8, 4) is 11.5 Å². The summed E-state index contributed by atoms with van der Waals surface area (Å²) >= 11 is 0. The van der Waals surface area contributed by atoms with E-state index >= 15 is 0 Å². The average molecular weight is 218 g/mol. The van der Waals surface area contributed by atoms with E-state index in [-0.39, 0.29) is 11.5 Å². The Labute approximate surface area is 96.6 Å². The SMILES string of the molecule is C=CCc1c(C)c(O)c(CC=C)c(C)c1O. The van der Waals surface area contributed by atoms with Gasteiger partial charge in [0.1, 0.15) is 11.5 Å². The van der Waals surface area contributed by atoms with Gasteiger partial charge in [0.2, 0.25) is 0 Å². The number of aromatic hydroxyl groups is 2. The Kier molecular flexibility index (Phi) is 3.78. The Hall–Kier alpha value is -1.70. The largest absolute Gasteiger partial charge is 0.507 e. The normalized spacial score (nSPS) is 10.1. The lowest BCUT2D eigenvalue weighted by Crippen LogP contribution is -1.98. The first kappa shape index (κ1) is 12.4. The molecule has 16 heavy (non-hydrogen) atoms. The molecule has 2 nitrogen and oxygen atoms in total. The predicted molar refractivity (Wildman–Crippen MR) is 67.0 cm³/mol. The summed E-state index contributed by atoms with van der Waals surface area (Å²) in [6.45, 7) is 10.9. The van der Waals surface area contributed by atoms with Crippen molar-refractivity contribution in [1.29, 1.82) is 0 Å². The number of rotatable bonds is 4. The summed E-state index contributed by atoms with van der Waals surface area (Å²) in [5.74, 6) is 0.513. The maximum atomic E-state index is 10.0. The Balaban J connectivity index is 3.48. The van der Waals surface area contributed by atoms with Crippen molar-refractivity contribution in [3.05, 3.63) is 47.6 Å². The van der Waals surface area contributed by atoms with Crippen molar-refractivity contribution < 1.29 is 10.2 Å². The van der Waals surface area contributed by atoms with Crippen LogP contribution >= 0.6 is 0 Å². The summed E-state index contributed by atoms with van der Waals surface area (Å²) in [5, 5.41) is 20.1. The van der Waals surface area contributed by atoms with Crippen molar-refractivity contribution in [2.75, 3.05) is 0 Å². The standard InChI is InChI=1S/C14H18O2/c1-5-7-11-9(3)14(16)12(8-6-2)10(4)13(11)15/h5-6,15-16H,1-2,7-8H2,3-4H3. The monoisotopic (exact) mass is 218 g/mol. The molecule has 0 atom stereocenters. The Morgan fingerprint density at radius 3 is 1.44 bits per heavy atom. The van der Waals surface area contributed by atoms with Crippen molar-refractivity contribution in [2.45, 2.75) is 26.7 Å². The van der Waals surface area contributed by atoms with Gasteiger partial charge in [-0.05, 0) is 37.8 Å². The number of hydrogen-bond donors (Lipinski definition) is 2. The first-order valence-corrected chi connectivity index (χ1v) is 5.29. The van der Waals surface area contributed by atoms with Gasteiger partial charge in [0, 0.05) is 11.1 Å². The van der Waals surface area contributed by atoms with E-state index in [0.29, 0.717) is 12.8 Å². The highest BCUT2D eigenvalue weighted by Gasteiger charge is 2.16. The van der Waals surface area contributed by atoms with Gasteiger partial charge in [0.15, 0.2) is 0 Å². The van der Waals surface area contributed by atoms with Crippen LogP contribution in [0.5, 0.6) is 11.5 Å². The summed E-state index contributed by atoms with van der Waals surface area (Å²) in [5.41, 5.74) is 2.94. The van der Waals surface area contributed by atoms with Gasteiger partial charge in [-0.2, -0.15) is 0 Å². The molecular formula is C14H18O2. The highest BCUT2D eigenvalue weighted by Crippen LogP contribution is 2.37. The fourth-order valence-electron chi connectivity index (χ4n) is 1.88. The van der Waals surface area contributed by atoms with Crippen LogP contribution in [-0.4, -0.2) is 10.2 Å². The van der Waals surface area contributed by atoms with Crippen LogP contribution in [0.3, 0.4) is 0 Å². The molecule has 1 rings (SSSR count). The second-order valence-electron chi connectivity index (χ2n) is 3.89. The molecule has 2 heteroatoms. The predicted octanol–water partition coefficient (Wildman–Crippen LogP) is 3.17. The number of hydrogen-bond acceptors (Lipinski definition) is 2. The van der Waals surface area contributed by atoms with Gasteiger partial charge in [-0.15, -0.1) is 13.2 Å². The number of phenols is 2. The number of allylic oxidation sites excluding steroid dienone is 2. The molecule has 0 aromatic heterocycles. The van der Waals surface area contributed by atoms with Crippen LogP contribution in [0, 0.1) is 13.8 Å². The molecular weight excluding hydrogens is 200 g/mol. The maximum absolute atomic E-state index is 10.0. The minimum absolute atomic E-state index is 0.257. The molecule has 0 saturated carbocycles. The zero-order chi connectivity index (χ0) is 12.3. The molecule has 0 radical (unpaired) electrons. The highest BCUT2D eigenvalue weighted by molar-refractivity contribution is 5.58. The second kappa shape index (κ2) is 4.88. The molecule has 0 bridgehead atoms. The lowest BCUT2D eigenvalue weighted by molar-refractivity contribution is 0.443. The van der Waals surface area contributed by atoms with Crippen LogP contribution in [0.4, 0.5) is 0 Å². The molecule has 0 aliphatic rings. The average Bonchev–Trinajstić information content (AvgIpc) is 2.28. The van der Waals surface area contributed by atoms with Gasteiger partial charge in [-0.1, -0.05) is 12.2 Å². The first-order chi connectivity index (χ1) is 7.54. The van der Waals surface area contributed by atoms with Crippen LogP contribution in [0.25, 0.3) is 0 Å². The van der Waals surface area contributed by atoms with Crippen molar-refractivity contribution in [3.63, 3.8) is 0 Å². The lowest BCUT2D eigenvalue weighted by Gasteiger charge is -2.16. The summed E-state index contributed by atoms with van der Waals surface area (Å²) in [7, 11) is 0. The molecule has 0 spiro atoms. The van der Waals surface area contributed by atoms with Crippen LogP contribution in [0.15, 0.2) is 25.3 Å². The second-order valence-corrected chi connectivity index (χ2v) is 3.89. The van der Waals surface area contributed by atoms with Crippen LogP contribution < -0.4 is 0 Å². The van der Waals surface area contributed by atoms with E-state index in [2.05, 4.69) is 13.2 Å². The van der Waals surface area contributed by atoms with E-state index in [0.717, 1.165) is 22.3 Å². The molecule has 0 aliphatic carbocycles. The number of benzene rings is 1. The fraction of sp³-hybridized carbons (Fsp3) is 0.286. The topological polar surface area (TPSA) is 40.5 Å². The van der Waals surface area contributed by atoms with Crippen LogP contribution in [-0.2, 0) is 12.8 Å². The van der Waals surface area contributed by atoms with Gasteiger partial charge >= 0.3 is 0 Å².